The Labute approximate surface area is 99.0 Å². The molecular weight excluding hydrogens is 224 g/mol. The van der Waals surface area contributed by atoms with Crippen LogP contribution in [0.4, 0.5) is 0 Å². The number of hydrogen-bond donors (Lipinski definition) is 0. The van der Waals surface area contributed by atoms with E-state index in [9.17, 15) is 10.1 Å². The predicted molar refractivity (Wildman–Crippen MR) is 62.3 cm³/mol. The third-order valence-corrected chi connectivity index (χ3v) is 1.96. The first kappa shape index (κ1) is 13.1. The maximum Gasteiger partial charge on any atom is 0.243 e. The number of pyridine rings is 1. The van der Waals surface area contributed by atoms with Crippen LogP contribution in [0.2, 0.25) is 0 Å². The van der Waals surface area contributed by atoms with Crippen LogP contribution >= 0.6 is 0 Å². The largest absolute Gasteiger partial charge is 0.475 e. The third kappa shape index (κ3) is 4.60. The van der Waals surface area contributed by atoms with Crippen molar-refractivity contribution >= 4 is 6.08 Å². The molecule has 0 saturated carbocycles. The molecule has 92 valence electrons. The number of methoxy groups -OCH3 is 1. The Bertz CT molecular complexity index is 400. The normalized spacial score (nSPS) is 11.3. The lowest BCUT2D eigenvalue weighted by atomic mass is 10.2. The Kier molecular flexibility index (Phi) is 5.09. The molecule has 0 spiro atoms. The summed E-state index contributed by atoms with van der Waals surface area (Å²) >= 11 is 0. The van der Waals surface area contributed by atoms with Gasteiger partial charge in [-0.1, -0.05) is 0 Å². The topological polar surface area (TPSA) is 74.5 Å². The summed E-state index contributed by atoms with van der Waals surface area (Å²) in [7, 11) is 1.59. The van der Waals surface area contributed by atoms with Gasteiger partial charge < -0.3 is 9.47 Å². The Morgan fingerprint density at radius 2 is 2.29 bits per heavy atom. The van der Waals surface area contributed by atoms with Crippen LogP contribution in [0.25, 0.3) is 6.08 Å². The van der Waals surface area contributed by atoms with Crippen molar-refractivity contribution in [3.05, 3.63) is 39.7 Å². The average Bonchev–Trinajstić information content (AvgIpc) is 2.31. The maximum atomic E-state index is 10.4. The van der Waals surface area contributed by atoms with Gasteiger partial charge in [-0.3, -0.25) is 10.1 Å². The van der Waals surface area contributed by atoms with Gasteiger partial charge in [-0.05, 0) is 11.6 Å². The molecule has 0 saturated heterocycles. The molecule has 0 fully saturated rings. The zero-order valence-corrected chi connectivity index (χ0v) is 9.75. The van der Waals surface area contributed by atoms with Gasteiger partial charge in [0.15, 0.2) is 0 Å². The smallest absolute Gasteiger partial charge is 0.243 e. The highest BCUT2D eigenvalue weighted by molar-refractivity contribution is 5.49. The summed E-state index contributed by atoms with van der Waals surface area (Å²) in [5.41, 5.74) is 0.734. The van der Waals surface area contributed by atoms with Crippen molar-refractivity contribution in [2.75, 3.05) is 20.3 Å². The number of ether oxygens (including phenoxy) is 2. The Hall–Kier alpha value is -1.95. The van der Waals surface area contributed by atoms with E-state index in [1.165, 1.54) is 19.2 Å². The van der Waals surface area contributed by atoms with E-state index in [0.29, 0.717) is 24.7 Å². The van der Waals surface area contributed by atoms with E-state index >= 15 is 0 Å². The Morgan fingerprint density at radius 1 is 1.53 bits per heavy atom. The number of nitrogens with zero attached hydrogens (tertiary/aromatic N) is 2. The van der Waals surface area contributed by atoms with Crippen molar-refractivity contribution in [1.29, 1.82) is 0 Å². The van der Waals surface area contributed by atoms with Crippen molar-refractivity contribution in [3.63, 3.8) is 0 Å². The quantitative estimate of drug-likeness (QED) is 0.428. The summed E-state index contributed by atoms with van der Waals surface area (Å²) in [5.74, 6) is 0.470. The monoisotopic (exact) mass is 238 g/mol. The van der Waals surface area contributed by atoms with Crippen molar-refractivity contribution in [2.45, 2.75) is 6.92 Å². The molecule has 0 N–H and O–H groups in total. The molecule has 17 heavy (non-hydrogen) atoms. The van der Waals surface area contributed by atoms with Gasteiger partial charge >= 0.3 is 0 Å². The van der Waals surface area contributed by atoms with Crippen LogP contribution in [-0.2, 0) is 4.74 Å². The lowest BCUT2D eigenvalue weighted by molar-refractivity contribution is -0.422. The van der Waals surface area contributed by atoms with E-state index in [4.69, 9.17) is 9.47 Å². The van der Waals surface area contributed by atoms with Crippen LogP contribution in [0, 0.1) is 10.1 Å². The highest BCUT2D eigenvalue weighted by atomic mass is 16.6. The molecule has 1 aromatic heterocycles. The van der Waals surface area contributed by atoms with E-state index in [1.807, 2.05) is 0 Å². The Morgan fingerprint density at radius 3 is 2.82 bits per heavy atom. The second kappa shape index (κ2) is 6.59. The summed E-state index contributed by atoms with van der Waals surface area (Å²) in [6, 6.07) is 3.37. The number of aromatic nitrogens is 1. The first-order valence-electron chi connectivity index (χ1n) is 5.04. The standard InChI is InChI=1S/C11H14N2O4/c1-9(13(14)15)7-10-3-4-11(12-8-10)17-6-5-16-2/h3-4,7-8H,5-6H2,1-2H3. The minimum Gasteiger partial charge on any atom is -0.475 e. The van der Waals surface area contributed by atoms with Gasteiger partial charge in [0.25, 0.3) is 0 Å². The fourth-order valence-electron chi connectivity index (χ4n) is 1.09. The summed E-state index contributed by atoms with van der Waals surface area (Å²) in [4.78, 5) is 14.0. The molecule has 0 unspecified atom stereocenters. The van der Waals surface area contributed by atoms with Gasteiger partial charge in [0.05, 0.1) is 11.5 Å². The number of hydrogen-bond acceptors (Lipinski definition) is 5. The highest BCUT2D eigenvalue weighted by Crippen LogP contribution is 2.10. The van der Waals surface area contributed by atoms with Crippen molar-refractivity contribution in [2.24, 2.45) is 0 Å². The molecule has 6 heteroatoms. The highest BCUT2D eigenvalue weighted by Gasteiger charge is 2.02. The summed E-state index contributed by atoms with van der Waals surface area (Å²) < 4.78 is 10.1. The maximum absolute atomic E-state index is 10.4. The molecule has 0 aliphatic rings. The third-order valence-electron chi connectivity index (χ3n) is 1.96. The predicted octanol–water partition coefficient (Wildman–Crippen LogP) is 1.74. The van der Waals surface area contributed by atoms with E-state index < -0.39 is 4.92 Å². The van der Waals surface area contributed by atoms with Gasteiger partial charge in [0.1, 0.15) is 6.61 Å². The van der Waals surface area contributed by atoms with Crippen LogP contribution in [0.3, 0.4) is 0 Å². The van der Waals surface area contributed by atoms with Crippen molar-refractivity contribution < 1.29 is 14.4 Å². The van der Waals surface area contributed by atoms with E-state index in [0.717, 1.165) is 0 Å². The lowest BCUT2D eigenvalue weighted by Gasteiger charge is -2.03. The van der Waals surface area contributed by atoms with Crippen LogP contribution in [0.1, 0.15) is 12.5 Å². The van der Waals surface area contributed by atoms with Crippen LogP contribution in [0.5, 0.6) is 5.88 Å². The SMILES string of the molecule is COCCOc1ccc(C=C(C)[N+](=O)[O-])cn1. The van der Waals surface area contributed by atoms with Gasteiger partial charge in [0, 0.05) is 32.4 Å². The summed E-state index contributed by atoms with van der Waals surface area (Å²) in [6.07, 6.45) is 2.97. The molecule has 0 radical (unpaired) electrons. The first-order valence-corrected chi connectivity index (χ1v) is 5.04. The fraction of sp³-hybridized carbons (Fsp3) is 0.364. The van der Waals surface area contributed by atoms with Gasteiger partial charge in [-0.25, -0.2) is 4.98 Å². The van der Waals surface area contributed by atoms with Gasteiger partial charge in [-0.2, -0.15) is 0 Å². The van der Waals surface area contributed by atoms with Gasteiger partial charge in [0.2, 0.25) is 11.6 Å². The molecule has 0 aliphatic carbocycles. The van der Waals surface area contributed by atoms with E-state index in [-0.39, 0.29) is 5.70 Å². The van der Waals surface area contributed by atoms with E-state index in [2.05, 4.69) is 4.98 Å². The second-order valence-corrected chi connectivity index (χ2v) is 3.31. The minimum absolute atomic E-state index is 0.0693. The molecule has 1 aromatic rings. The average molecular weight is 238 g/mol. The molecule has 0 aromatic carbocycles. The van der Waals surface area contributed by atoms with Crippen LogP contribution < -0.4 is 4.74 Å². The first-order chi connectivity index (χ1) is 8.13. The zero-order valence-electron chi connectivity index (χ0n) is 9.75. The van der Waals surface area contributed by atoms with Crippen molar-refractivity contribution in [1.82, 2.24) is 4.98 Å². The lowest BCUT2D eigenvalue weighted by Crippen LogP contribution is -2.05. The molecule has 0 atom stereocenters. The molecule has 1 heterocycles. The second-order valence-electron chi connectivity index (χ2n) is 3.31. The number of rotatable bonds is 6. The molecule has 0 amide bonds. The summed E-state index contributed by atoms with van der Waals surface area (Å²) in [5, 5.41) is 10.4. The van der Waals surface area contributed by atoms with Crippen LogP contribution in [-0.4, -0.2) is 30.2 Å². The summed E-state index contributed by atoms with van der Waals surface area (Å²) in [6.45, 7) is 2.35. The number of allylic oxidation sites excluding steroid dienone is 1. The molecule has 0 aliphatic heterocycles. The molecular formula is C11H14N2O4. The minimum atomic E-state index is -0.441. The molecule has 1 rings (SSSR count). The fourth-order valence-corrected chi connectivity index (χ4v) is 1.09. The molecule has 6 nitrogen and oxygen atoms in total. The Balaban J connectivity index is 2.62. The van der Waals surface area contributed by atoms with Crippen molar-refractivity contribution in [3.8, 4) is 5.88 Å². The molecule has 0 bridgehead atoms. The number of nitro groups is 1. The zero-order chi connectivity index (χ0) is 12.7. The van der Waals surface area contributed by atoms with Gasteiger partial charge in [-0.15, -0.1) is 0 Å². The van der Waals surface area contributed by atoms with E-state index in [1.54, 1.807) is 19.2 Å². The van der Waals surface area contributed by atoms with Crippen LogP contribution in [0.15, 0.2) is 24.0 Å².